The Morgan fingerprint density at radius 2 is 2.13 bits per heavy atom. The fourth-order valence-electron chi connectivity index (χ4n) is 1.70. The Kier molecular flexibility index (Phi) is 6.37. The van der Waals surface area contributed by atoms with E-state index in [1.54, 1.807) is 11.3 Å². The minimum atomic E-state index is -0.626. The molecule has 3 amide bonds. The Bertz CT molecular complexity index is 679. The van der Waals surface area contributed by atoms with Crippen molar-refractivity contribution in [3.05, 3.63) is 51.4 Å². The number of hydrogen-bond donors (Lipinski definition) is 2. The summed E-state index contributed by atoms with van der Waals surface area (Å²) in [7, 11) is 0. The summed E-state index contributed by atoms with van der Waals surface area (Å²) in [5.41, 5.74) is 0. The molecule has 0 aliphatic heterocycles. The predicted octanol–water partition coefficient (Wildman–Crippen LogP) is 2.99. The fourth-order valence-corrected chi connectivity index (χ4v) is 2.63. The summed E-state index contributed by atoms with van der Waals surface area (Å²) in [6.45, 7) is 0.0218. The van der Waals surface area contributed by atoms with Gasteiger partial charge in [0.1, 0.15) is 11.6 Å². The quantitative estimate of drug-likeness (QED) is 0.836. The van der Waals surface area contributed by atoms with E-state index in [2.05, 4.69) is 10.6 Å². The molecule has 0 radical (unpaired) electrons. The van der Waals surface area contributed by atoms with Gasteiger partial charge in [-0.05, 0) is 36.1 Å². The van der Waals surface area contributed by atoms with E-state index in [0.717, 1.165) is 17.0 Å². The first-order valence-corrected chi connectivity index (χ1v) is 7.98. The number of carbonyl (C=O) groups is 2. The maximum atomic E-state index is 12.9. The fraction of sp³-hybridized carbons (Fsp3) is 0.200. The number of thiophene rings is 1. The summed E-state index contributed by atoms with van der Waals surface area (Å²) in [4.78, 5) is 24.3. The van der Waals surface area contributed by atoms with Crippen molar-refractivity contribution in [1.82, 2.24) is 10.6 Å². The third-order valence-electron chi connectivity index (χ3n) is 2.74. The third kappa shape index (κ3) is 5.88. The average molecular weight is 357 g/mol. The number of carbonyl (C=O) groups excluding carboxylic acids is 2. The van der Waals surface area contributed by atoms with Gasteiger partial charge in [0.05, 0.1) is 5.02 Å². The third-order valence-corrected chi connectivity index (χ3v) is 3.97. The lowest BCUT2D eigenvalue weighted by atomic mass is 10.3. The molecule has 0 aliphatic carbocycles. The zero-order valence-electron chi connectivity index (χ0n) is 12.0. The maximum Gasteiger partial charge on any atom is 0.321 e. The van der Waals surface area contributed by atoms with Crippen LogP contribution in [0.1, 0.15) is 4.88 Å². The van der Waals surface area contributed by atoms with Crippen LogP contribution in [0.15, 0.2) is 35.7 Å². The van der Waals surface area contributed by atoms with Crippen molar-refractivity contribution in [2.24, 2.45) is 0 Å². The van der Waals surface area contributed by atoms with Crippen LogP contribution in [0.25, 0.3) is 0 Å². The molecule has 122 valence electrons. The molecule has 1 aromatic carbocycles. The molecule has 2 rings (SSSR count). The van der Waals surface area contributed by atoms with Gasteiger partial charge in [-0.2, -0.15) is 0 Å². The van der Waals surface area contributed by atoms with Crippen molar-refractivity contribution in [2.75, 3.05) is 13.2 Å². The van der Waals surface area contributed by atoms with Gasteiger partial charge in [-0.1, -0.05) is 17.7 Å². The molecule has 0 spiro atoms. The van der Waals surface area contributed by atoms with E-state index in [-0.39, 0.29) is 10.8 Å². The number of halogens is 2. The van der Waals surface area contributed by atoms with Crippen molar-refractivity contribution in [2.45, 2.75) is 6.42 Å². The minimum absolute atomic E-state index is 0.0539. The summed E-state index contributed by atoms with van der Waals surface area (Å²) in [6, 6.07) is 6.85. The highest BCUT2D eigenvalue weighted by atomic mass is 35.5. The first kappa shape index (κ1) is 17.2. The normalized spacial score (nSPS) is 10.2. The van der Waals surface area contributed by atoms with Crippen molar-refractivity contribution < 1.29 is 18.7 Å². The molecular weight excluding hydrogens is 343 g/mol. The second-order valence-electron chi connectivity index (χ2n) is 4.50. The Hall–Kier alpha value is -2.12. The van der Waals surface area contributed by atoms with Crippen LogP contribution in [0.4, 0.5) is 9.18 Å². The van der Waals surface area contributed by atoms with E-state index in [1.165, 1.54) is 6.07 Å². The number of urea groups is 1. The second-order valence-corrected chi connectivity index (χ2v) is 5.94. The summed E-state index contributed by atoms with van der Waals surface area (Å²) in [5.74, 6) is -0.961. The van der Waals surface area contributed by atoms with Crippen LogP contribution in [0.5, 0.6) is 5.75 Å². The highest BCUT2D eigenvalue weighted by molar-refractivity contribution is 7.09. The molecule has 0 saturated carbocycles. The van der Waals surface area contributed by atoms with Gasteiger partial charge in [0.15, 0.2) is 6.61 Å². The zero-order chi connectivity index (χ0) is 16.7. The van der Waals surface area contributed by atoms with Gasteiger partial charge in [0, 0.05) is 11.4 Å². The Morgan fingerprint density at radius 3 is 2.83 bits per heavy atom. The van der Waals surface area contributed by atoms with E-state index in [9.17, 15) is 14.0 Å². The molecule has 5 nitrogen and oxygen atoms in total. The molecule has 0 fully saturated rings. The van der Waals surface area contributed by atoms with Crippen LogP contribution in [0.3, 0.4) is 0 Å². The molecule has 8 heteroatoms. The Balaban J connectivity index is 1.68. The van der Waals surface area contributed by atoms with E-state index < -0.39 is 24.4 Å². The Morgan fingerprint density at radius 1 is 1.30 bits per heavy atom. The topological polar surface area (TPSA) is 67.4 Å². The van der Waals surface area contributed by atoms with E-state index in [4.69, 9.17) is 16.3 Å². The minimum Gasteiger partial charge on any atom is -0.482 e. The zero-order valence-corrected chi connectivity index (χ0v) is 13.5. The van der Waals surface area contributed by atoms with Gasteiger partial charge >= 0.3 is 6.03 Å². The van der Waals surface area contributed by atoms with Gasteiger partial charge in [-0.3, -0.25) is 10.1 Å². The van der Waals surface area contributed by atoms with Crippen LogP contribution >= 0.6 is 22.9 Å². The lowest BCUT2D eigenvalue weighted by Crippen LogP contribution is -2.42. The molecule has 0 aliphatic rings. The largest absolute Gasteiger partial charge is 0.482 e. The van der Waals surface area contributed by atoms with Crippen LogP contribution < -0.4 is 15.4 Å². The molecule has 0 unspecified atom stereocenters. The maximum absolute atomic E-state index is 12.9. The number of rotatable bonds is 6. The second kappa shape index (κ2) is 8.50. The summed E-state index contributed by atoms with van der Waals surface area (Å²) in [6.07, 6.45) is 0.695. The summed E-state index contributed by atoms with van der Waals surface area (Å²) >= 11 is 7.36. The van der Waals surface area contributed by atoms with Gasteiger partial charge in [-0.15, -0.1) is 11.3 Å². The predicted molar refractivity (Wildman–Crippen MR) is 86.5 cm³/mol. The molecule has 0 saturated heterocycles. The molecular formula is C15H14ClFN2O3S. The van der Waals surface area contributed by atoms with Crippen molar-refractivity contribution >= 4 is 34.9 Å². The van der Waals surface area contributed by atoms with Crippen molar-refractivity contribution in [3.8, 4) is 5.75 Å². The summed E-state index contributed by atoms with van der Waals surface area (Å²) < 4.78 is 18.0. The van der Waals surface area contributed by atoms with Crippen molar-refractivity contribution in [1.29, 1.82) is 0 Å². The van der Waals surface area contributed by atoms with E-state index >= 15 is 0 Å². The van der Waals surface area contributed by atoms with Crippen LogP contribution in [-0.4, -0.2) is 25.1 Å². The SMILES string of the molecule is O=C(COc1ccc(F)cc1Cl)NC(=O)NCCc1cccs1. The molecule has 0 bridgehead atoms. The average Bonchev–Trinajstić information content (AvgIpc) is 2.99. The van der Waals surface area contributed by atoms with Gasteiger partial charge < -0.3 is 10.1 Å². The number of ether oxygens (including phenoxy) is 1. The highest BCUT2D eigenvalue weighted by Gasteiger charge is 2.10. The number of nitrogens with one attached hydrogen (secondary N) is 2. The smallest absolute Gasteiger partial charge is 0.321 e. The number of hydrogen-bond acceptors (Lipinski definition) is 4. The van der Waals surface area contributed by atoms with E-state index in [1.807, 2.05) is 17.5 Å². The molecule has 2 aromatic rings. The van der Waals surface area contributed by atoms with Gasteiger partial charge in [0.2, 0.25) is 0 Å². The lowest BCUT2D eigenvalue weighted by Gasteiger charge is -2.09. The monoisotopic (exact) mass is 356 g/mol. The number of imide groups is 1. The standard InChI is InChI=1S/C15H14ClFN2O3S/c16-12-8-10(17)3-4-13(12)22-9-14(20)19-15(21)18-6-5-11-2-1-7-23-11/h1-4,7-8H,5-6,9H2,(H2,18,19,20,21). The van der Waals surface area contributed by atoms with E-state index in [0.29, 0.717) is 13.0 Å². The van der Waals surface area contributed by atoms with Crippen molar-refractivity contribution in [3.63, 3.8) is 0 Å². The molecule has 2 N–H and O–H groups in total. The van der Waals surface area contributed by atoms with Gasteiger partial charge in [0.25, 0.3) is 5.91 Å². The number of amides is 3. The first-order valence-electron chi connectivity index (χ1n) is 6.72. The molecule has 1 aromatic heterocycles. The Labute approximate surface area is 141 Å². The molecule has 23 heavy (non-hydrogen) atoms. The lowest BCUT2D eigenvalue weighted by molar-refractivity contribution is -0.122. The molecule has 0 atom stereocenters. The first-order chi connectivity index (χ1) is 11.0. The number of benzene rings is 1. The highest BCUT2D eigenvalue weighted by Crippen LogP contribution is 2.24. The van der Waals surface area contributed by atoms with Crippen LogP contribution in [-0.2, 0) is 11.2 Å². The molecule has 1 heterocycles. The van der Waals surface area contributed by atoms with Crippen LogP contribution in [0, 0.1) is 5.82 Å². The van der Waals surface area contributed by atoms with Crippen LogP contribution in [0.2, 0.25) is 5.02 Å². The van der Waals surface area contributed by atoms with Gasteiger partial charge in [-0.25, -0.2) is 9.18 Å². The summed E-state index contributed by atoms with van der Waals surface area (Å²) in [5, 5.41) is 6.72.